The highest BCUT2D eigenvalue weighted by Gasteiger charge is 2.22. The lowest BCUT2D eigenvalue weighted by Crippen LogP contribution is -2.35. The van der Waals surface area contributed by atoms with E-state index >= 15 is 0 Å². The summed E-state index contributed by atoms with van der Waals surface area (Å²) >= 11 is 0. The maximum Gasteiger partial charge on any atom is 0.307 e. The number of carbonyl (C=O) groups excluding carboxylic acids is 2. The van der Waals surface area contributed by atoms with Crippen molar-refractivity contribution in [3.05, 3.63) is 113 Å². The quantitative estimate of drug-likeness (QED) is 0.221. The molecule has 3 aromatic carbocycles. The van der Waals surface area contributed by atoms with E-state index in [2.05, 4.69) is 21.7 Å². The molecule has 0 aliphatic carbocycles. The van der Waals surface area contributed by atoms with Crippen LogP contribution in [-0.4, -0.2) is 54.1 Å². The molecule has 2 heterocycles. The Bertz CT molecular complexity index is 1930. The zero-order valence-corrected chi connectivity index (χ0v) is 24.7. The number of nitrogens with one attached hydrogen (secondary N) is 3. The lowest BCUT2D eigenvalue weighted by molar-refractivity contribution is -0.117. The molecule has 0 fully saturated rings. The van der Waals surface area contributed by atoms with Crippen LogP contribution in [-0.2, 0) is 21.4 Å². The van der Waals surface area contributed by atoms with Gasteiger partial charge in [-0.1, -0.05) is 47.5 Å². The van der Waals surface area contributed by atoms with Gasteiger partial charge in [-0.25, -0.2) is 3.97 Å². The van der Waals surface area contributed by atoms with E-state index in [1.807, 2.05) is 44.3 Å². The SMILES string of the molecule is Cc1ccc(C(=O)NC(=Cc2cn(S(=O)(=O)N(C)C)c3ccccc23)C(=O)NCCc2c[nH]c3ccc(C)cc23)cc1. The van der Waals surface area contributed by atoms with Gasteiger partial charge >= 0.3 is 10.2 Å². The summed E-state index contributed by atoms with van der Waals surface area (Å²) in [5.41, 5.74) is 5.56. The van der Waals surface area contributed by atoms with E-state index in [-0.39, 0.29) is 5.70 Å². The number of nitrogens with zero attached hydrogens (tertiary/aromatic N) is 2. The number of amides is 2. The largest absolute Gasteiger partial charge is 0.361 e. The van der Waals surface area contributed by atoms with Crippen LogP contribution in [0.3, 0.4) is 0 Å². The number of aromatic nitrogens is 2. The minimum Gasteiger partial charge on any atom is -0.361 e. The summed E-state index contributed by atoms with van der Waals surface area (Å²) in [7, 11) is -0.932. The number of rotatable bonds is 9. The molecule has 216 valence electrons. The molecule has 3 N–H and O–H groups in total. The summed E-state index contributed by atoms with van der Waals surface area (Å²) in [4.78, 5) is 30.0. The van der Waals surface area contributed by atoms with E-state index in [0.717, 1.165) is 31.9 Å². The van der Waals surface area contributed by atoms with Crippen molar-refractivity contribution >= 4 is 49.9 Å². The van der Waals surface area contributed by atoms with E-state index in [1.165, 1.54) is 30.3 Å². The molecular formula is C32H33N5O4S. The van der Waals surface area contributed by atoms with Crippen LogP contribution in [0.5, 0.6) is 0 Å². The second kappa shape index (κ2) is 11.7. The first kappa shape index (κ1) is 28.8. The fourth-order valence-corrected chi connectivity index (χ4v) is 5.78. The number of benzene rings is 3. The van der Waals surface area contributed by atoms with Gasteiger partial charge in [0.05, 0.1) is 5.52 Å². The van der Waals surface area contributed by atoms with E-state index in [4.69, 9.17) is 0 Å². The molecule has 42 heavy (non-hydrogen) atoms. The number of carbonyl (C=O) groups is 2. The average molecular weight is 584 g/mol. The number of hydrogen-bond acceptors (Lipinski definition) is 4. The number of aromatic amines is 1. The number of hydrogen-bond donors (Lipinski definition) is 3. The third-order valence-electron chi connectivity index (χ3n) is 7.13. The fourth-order valence-electron chi connectivity index (χ4n) is 4.78. The molecule has 0 bridgehead atoms. The second-order valence-corrected chi connectivity index (χ2v) is 12.5. The summed E-state index contributed by atoms with van der Waals surface area (Å²) in [5.74, 6) is -0.938. The number of H-pyrrole nitrogens is 1. The third-order valence-corrected chi connectivity index (χ3v) is 8.85. The molecule has 5 aromatic rings. The van der Waals surface area contributed by atoms with Crippen molar-refractivity contribution in [3.63, 3.8) is 0 Å². The van der Waals surface area contributed by atoms with Gasteiger partial charge in [0.15, 0.2) is 0 Å². The third kappa shape index (κ3) is 5.86. The van der Waals surface area contributed by atoms with Crippen LogP contribution in [0.25, 0.3) is 27.9 Å². The molecule has 0 saturated carbocycles. The molecule has 0 saturated heterocycles. The van der Waals surface area contributed by atoms with Gasteiger partial charge in [0, 0.05) is 60.4 Å². The number of aryl methyl sites for hydroxylation is 2. The highest BCUT2D eigenvalue weighted by atomic mass is 32.2. The van der Waals surface area contributed by atoms with Crippen molar-refractivity contribution in [3.8, 4) is 0 Å². The summed E-state index contributed by atoms with van der Waals surface area (Å²) in [5, 5.41) is 7.39. The molecular weight excluding hydrogens is 550 g/mol. The van der Waals surface area contributed by atoms with E-state index in [9.17, 15) is 18.0 Å². The maximum absolute atomic E-state index is 13.5. The lowest BCUT2D eigenvalue weighted by atomic mass is 10.1. The molecule has 0 unspecified atom stereocenters. The molecule has 2 aromatic heterocycles. The van der Waals surface area contributed by atoms with Gasteiger partial charge in [0.25, 0.3) is 11.8 Å². The first-order chi connectivity index (χ1) is 20.0. The Morgan fingerprint density at radius 2 is 1.67 bits per heavy atom. The van der Waals surface area contributed by atoms with E-state index in [1.54, 1.807) is 36.4 Å². The summed E-state index contributed by atoms with van der Waals surface area (Å²) in [6.45, 7) is 4.29. The minimum absolute atomic E-state index is 0.000463. The zero-order chi connectivity index (χ0) is 30.0. The second-order valence-electron chi connectivity index (χ2n) is 10.4. The molecule has 0 atom stereocenters. The van der Waals surface area contributed by atoms with Crippen molar-refractivity contribution in [2.45, 2.75) is 20.3 Å². The normalized spacial score (nSPS) is 12.3. The van der Waals surface area contributed by atoms with Crippen LogP contribution < -0.4 is 10.6 Å². The number of para-hydroxylation sites is 1. The molecule has 0 spiro atoms. The van der Waals surface area contributed by atoms with Gasteiger partial charge in [-0.3, -0.25) is 9.59 Å². The van der Waals surface area contributed by atoms with Crippen molar-refractivity contribution in [2.24, 2.45) is 0 Å². The summed E-state index contributed by atoms with van der Waals surface area (Å²) in [6.07, 6.45) is 5.49. The van der Waals surface area contributed by atoms with Crippen molar-refractivity contribution < 1.29 is 18.0 Å². The Hall–Kier alpha value is -4.67. The van der Waals surface area contributed by atoms with Crippen LogP contribution in [0.2, 0.25) is 0 Å². The molecule has 2 amide bonds. The van der Waals surface area contributed by atoms with Crippen LogP contribution in [0.1, 0.15) is 32.6 Å². The minimum atomic E-state index is -3.84. The van der Waals surface area contributed by atoms with Gasteiger partial charge in [-0.15, -0.1) is 0 Å². The molecule has 5 rings (SSSR count). The van der Waals surface area contributed by atoms with Crippen molar-refractivity contribution in [1.82, 2.24) is 23.9 Å². The van der Waals surface area contributed by atoms with Gasteiger partial charge in [-0.05, 0) is 62.2 Å². The smallest absolute Gasteiger partial charge is 0.307 e. The topological polar surface area (TPSA) is 116 Å². The predicted molar refractivity (Wildman–Crippen MR) is 166 cm³/mol. The van der Waals surface area contributed by atoms with E-state index < -0.39 is 22.0 Å². The first-order valence-electron chi connectivity index (χ1n) is 13.5. The van der Waals surface area contributed by atoms with Crippen LogP contribution in [0.4, 0.5) is 0 Å². The Balaban J connectivity index is 1.47. The maximum atomic E-state index is 13.5. The Morgan fingerprint density at radius 1 is 0.952 bits per heavy atom. The van der Waals surface area contributed by atoms with Crippen LogP contribution in [0, 0.1) is 13.8 Å². The molecule has 0 aliphatic heterocycles. The highest BCUT2D eigenvalue weighted by Crippen LogP contribution is 2.26. The molecule has 0 aliphatic rings. The average Bonchev–Trinajstić information content (AvgIpc) is 3.54. The van der Waals surface area contributed by atoms with Gasteiger partial charge < -0.3 is 15.6 Å². The van der Waals surface area contributed by atoms with Gasteiger partial charge in [-0.2, -0.15) is 12.7 Å². The van der Waals surface area contributed by atoms with Crippen LogP contribution in [0.15, 0.2) is 84.8 Å². The Kier molecular flexibility index (Phi) is 8.02. The fraction of sp³-hybridized carbons (Fsp3) is 0.188. The lowest BCUT2D eigenvalue weighted by Gasteiger charge is -2.13. The summed E-state index contributed by atoms with van der Waals surface area (Å²) in [6, 6.07) is 20.2. The van der Waals surface area contributed by atoms with E-state index in [0.29, 0.717) is 35.0 Å². The zero-order valence-electron chi connectivity index (χ0n) is 23.9. The van der Waals surface area contributed by atoms with Crippen LogP contribution >= 0.6 is 0 Å². The Labute approximate surface area is 245 Å². The number of fused-ring (bicyclic) bond motifs is 2. The Morgan fingerprint density at radius 3 is 2.40 bits per heavy atom. The molecule has 9 nitrogen and oxygen atoms in total. The van der Waals surface area contributed by atoms with Gasteiger partial charge in [0.1, 0.15) is 5.70 Å². The van der Waals surface area contributed by atoms with Crippen molar-refractivity contribution in [1.29, 1.82) is 0 Å². The monoisotopic (exact) mass is 583 g/mol. The standard InChI is InChI=1S/C32H33N5O4S/c1-21-9-12-23(13-10-21)31(38)35-29(32(39)33-16-15-24-19-34-28-14-11-22(2)17-27(24)28)18-25-20-37(42(40,41)36(3)4)30-8-6-5-7-26(25)30/h5-14,17-20,34H,15-16H2,1-4H3,(H,33,39)(H,35,38). The highest BCUT2D eigenvalue weighted by molar-refractivity contribution is 7.87. The van der Waals surface area contributed by atoms with Gasteiger partial charge in [0.2, 0.25) is 0 Å². The predicted octanol–water partition coefficient (Wildman–Crippen LogP) is 4.52. The summed E-state index contributed by atoms with van der Waals surface area (Å²) < 4.78 is 28.4. The first-order valence-corrected chi connectivity index (χ1v) is 14.9. The van der Waals surface area contributed by atoms with Crippen molar-refractivity contribution in [2.75, 3.05) is 20.6 Å². The molecule has 10 heteroatoms. The molecule has 0 radical (unpaired) electrons.